The van der Waals surface area contributed by atoms with Gasteiger partial charge < -0.3 is 0 Å². The molecule has 0 aromatic carbocycles. The number of hydrogen-bond acceptors (Lipinski definition) is 2. The summed E-state index contributed by atoms with van der Waals surface area (Å²) in [4.78, 5) is 4.81. The number of rotatable bonds is 1. The van der Waals surface area contributed by atoms with Gasteiger partial charge in [0.25, 0.3) is 0 Å². The first-order valence-corrected chi connectivity index (χ1v) is 3.66. The van der Waals surface area contributed by atoms with Gasteiger partial charge in [-0.2, -0.15) is 0 Å². The molecular weight excluding hydrogens is 112 g/mol. The molecule has 9 heavy (non-hydrogen) atoms. The van der Waals surface area contributed by atoms with Crippen LogP contribution in [0.15, 0.2) is 0 Å². The zero-order chi connectivity index (χ0) is 6.85. The highest BCUT2D eigenvalue weighted by Gasteiger charge is 2.23. The molecule has 2 nitrogen and oxygen atoms in total. The van der Waals surface area contributed by atoms with Gasteiger partial charge in [-0.05, 0) is 20.5 Å². The Morgan fingerprint density at radius 2 is 1.67 bits per heavy atom. The summed E-state index contributed by atoms with van der Waals surface area (Å²) in [6.45, 7) is 4.70. The van der Waals surface area contributed by atoms with E-state index in [0.717, 1.165) is 0 Å². The maximum absolute atomic E-state index is 2.40. The fraction of sp³-hybridized carbons (Fsp3) is 1.00. The lowest BCUT2D eigenvalue weighted by molar-refractivity contribution is 0.182. The van der Waals surface area contributed by atoms with Crippen LogP contribution in [0, 0.1) is 0 Å². The Morgan fingerprint density at radius 1 is 1.22 bits per heavy atom. The maximum atomic E-state index is 2.40. The van der Waals surface area contributed by atoms with Crippen LogP contribution in [0.25, 0.3) is 0 Å². The van der Waals surface area contributed by atoms with E-state index < -0.39 is 0 Å². The summed E-state index contributed by atoms with van der Waals surface area (Å²) < 4.78 is 0. The van der Waals surface area contributed by atoms with Crippen molar-refractivity contribution in [1.29, 1.82) is 0 Å². The van der Waals surface area contributed by atoms with Crippen LogP contribution >= 0.6 is 0 Å². The SMILES string of the molecule is CCC1N(C)CCN1C. The summed E-state index contributed by atoms with van der Waals surface area (Å²) in [7, 11) is 4.38. The fourth-order valence-corrected chi connectivity index (χ4v) is 1.57. The Kier molecular flexibility index (Phi) is 2.09. The van der Waals surface area contributed by atoms with Gasteiger partial charge in [0.15, 0.2) is 0 Å². The minimum atomic E-state index is 0.699. The molecule has 0 unspecified atom stereocenters. The van der Waals surface area contributed by atoms with Crippen LogP contribution in [0.3, 0.4) is 0 Å². The van der Waals surface area contributed by atoms with E-state index in [4.69, 9.17) is 0 Å². The van der Waals surface area contributed by atoms with E-state index in [1.54, 1.807) is 0 Å². The molecule has 0 amide bonds. The average Bonchev–Trinajstić information content (AvgIpc) is 2.12. The Balaban J connectivity index is 2.44. The Morgan fingerprint density at radius 3 is 1.89 bits per heavy atom. The third kappa shape index (κ3) is 1.25. The first kappa shape index (κ1) is 7.03. The van der Waals surface area contributed by atoms with E-state index in [-0.39, 0.29) is 0 Å². The molecule has 0 bridgehead atoms. The second kappa shape index (κ2) is 2.67. The van der Waals surface area contributed by atoms with E-state index >= 15 is 0 Å². The minimum Gasteiger partial charge on any atom is -0.290 e. The molecule has 0 radical (unpaired) electrons. The second-order valence-corrected chi connectivity index (χ2v) is 2.85. The summed E-state index contributed by atoms with van der Waals surface area (Å²) in [5.41, 5.74) is 0. The lowest BCUT2D eigenvalue weighted by Crippen LogP contribution is -2.33. The summed E-state index contributed by atoms with van der Waals surface area (Å²) in [6.07, 6.45) is 1.94. The van der Waals surface area contributed by atoms with Crippen molar-refractivity contribution in [1.82, 2.24) is 9.80 Å². The first-order chi connectivity index (χ1) is 4.25. The van der Waals surface area contributed by atoms with Gasteiger partial charge in [0.05, 0.1) is 6.17 Å². The molecule has 0 atom stereocenters. The molecule has 0 N–H and O–H groups in total. The highest BCUT2D eigenvalue weighted by Crippen LogP contribution is 2.11. The molecule has 1 heterocycles. The van der Waals surface area contributed by atoms with Crippen LogP contribution in [-0.4, -0.2) is 43.2 Å². The normalized spacial score (nSPS) is 25.7. The third-order valence-electron chi connectivity index (χ3n) is 2.19. The van der Waals surface area contributed by atoms with Gasteiger partial charge in [-0.3, -0.25) is 9.80 Å². The highest BCUT2D eigenvalue weighted by atomic mass is 15.4. The van der Waals surface area contributed by atoms with E-state index in [9.17, 15) is 0 Å². The minimum absolute atomic E-state index is 0.699. The molecule has 0 aromatic heterocycles. The molecule has 1 aliphatic heterocycles. The standard InChI is InChI=1S/C7H16N2/c1-4-7-8(2)5-6-9(7)3/h7H,4-6H2,1-3H3. The molecule has 0 aliphatic carbocycles. The monoisotopic (exact) mass is 128 g/mol. The molecule has 1 fully saturated rings. The van der Waals surface area contributed by atoms with Crippen molar-refractivity contribution in [2.75, 3.05) is 27.2 Å². The number of hydrogen-bond donors (Lipinski definition) is 0. The van der Waals surface area contributed by atoms with E-state index in [1.165, 1.54) is 19.5 Å². The maximum Gasteiger partial charge on any atom is 0.0615 e. The van der Waals surface area contributed by atoms with Gasteiger partial charge in [0, 0.05) is 13.1 Å². The number of nitrogens with zero attached hydrogens (tertiary/aromatic N) is 2. The van der Waals surface area contributed by atoms with E-state index in [0.29, 0.717) is 6.17 Å². The van der Waals surface area contributed by atoms with Gasteiger partial charge in [0.2, 0.25) is 0 Å². The molecule has 1 saturated heterocycles. The van der Waals surface area contributed by atoms with Crippen LogP contribution in [0.5, 0.6) is 0 Å². The summed E-state index contributed by atoms with van der Waals surface area (Å²) in [5, 5.41) is 0. The van der Waals surface area contributed by atoms with Crippen LogP contribution in [0.2, 0.25) is 0 Å². The van der Waals surface area contributed by atoms with Crippen molar-refractivity contribution in [3.8, 4) is 0 Å². The first-order valence-electron chi connectivity index (χ1n) is 3.66. The summed E-state index contributed by atoms with van der Waals surface area (Å²) in [5.74, 6) is 0. The van der Waals surface area contributed by atoms with Gasteiger partial charge in [0.1, 0.15) is 0 Å². The highest BCUT2D eigenvalue weighted by molar-refractivity contribution is 4.74. The van der Waals surface area contributed by atoms with Crippen molar-refractivity contribution < 1.29 is 0 Å². The molecule has 1 aliphatic rings. The fourth-order valence-electron chi connectivity index (χ4n) is 1.57. The van der Waals surface area contributed by atoms with Gasteiger partial charge in [-0.1, -0.05) is 6.92 Å². The van der Waals surface area contributed by atoms with Crippen molar-refractivity contribution in [2.24, 2.45) is 0 Å². The van der Waals surface area contributed by atoms with Crippen LogP contribution in [0.1, 0.15) is 13.3 Å². The molecule has 0 saturated carbocycles. The van der Waals surface area contributed by atoms with Crippen molar-refractivity contribution in [3.63, 3.8) is 0 Å². The van der Waals surface area contributed by atoms with E-state index in [2.05, 4.69) is 30.8 Å². The topological polar surface area (TPSA) is 6.48 Å². The van der Waals surface area contributed by atoms with Crippen molar-refractivity contribution >= 4 is 0 Å². The number of likely N-dealkylation sites (N-methyl/N-ethyl adjacent to an activating group) is 2. The molecule has 2 heteroatoms. The molecule has 54 valence electrons. The summed E-state index contributed by atoms with van der Waals surface area (Å²) in [6, 6.07) is 0. The Labute approximate surface area is 57.4 Å². The Bertz CT molecular complexity index is 82.9. The zero-order valence-electron chi connectivity index (χ0n) is 6.59. The molecule has 0 aromatic rings. The zero-order valence-corrected chi connectivity index (χ0v) is 6.59. The molecule has 0 spiro atoms. The van der Waals surface area contributed by atoms with Crippen LogP contribution in [0.4, 0.5) is 0 Å². The lowest BCUT2D eigenvalue weighted by atomic mass is 10.3. The lowest BCUT2D eigenvalue weighted by Gasteiger charge is -2.22. The van der Waals surface area contributed by atoms with Crippen LogP contribution < -0.4 is 0 Å². The third-order valence-corrected chi connectivity index (χ3v) is 2.19. The van der Waals surface area contributed by atoms with Gasteiger partial charge in [-0.15, -0.1) is 0 Å². The summed E-state index contributed by atoms with van der Waals surface area (Å²) >= 11 is 0. The predicted octanol–water partition coefficient (Wildman–Crippen LogP) is 0.600. The van der Waals surface area contributed by atoms with Gasteiger partial charge in [-0.25, -0.2) is 0 Å². The Hall–Kier alpha value is -0.0800. The van der Waals surface area contributed by atoms with Crippen LogP contribution in [-0.2, 0) is 0 Å². The smallest absolute Gasteiger partial charge is 0.0615 e. The largest absolute Gasteiger partial charge is 0.290 e. The molecular formula is C7H16N2. The van der Waals surface area contributed by atoms with E-state index in [1.807, 2.05) is 0 Å². The van der Waals surface area contributed by atoms with Crippen molar-refractivity contribution in [2.45, 2.75) is 19.5 Å². The van der Waals surface area contributed by atoms with Crippen molar-refractivity contribution in [3.05, 3.63) is 0 Å². The predicted molar refractivity (Wildman–Crippen MR) is 39.3 cm³/mol. The quantitative estimate of drug-likeness (QED) is 0.510. The van der Waals surface area contributed by atoms with Gasteiger partial charge >= 0.3 is 0 Å². The second-order valence-electron chi connectivity index (χ2n) is 2.85. The molecule has 1 rings (SSSR count). The average molecular weight is 128 g/mol.